The monoisotopic (exact) mass is 401 g/mol. The molecule has 25 heavy (non-hydrogen) atoms. The van der Waals surface area contributed by atoms with Gasteiger partial charge in [-0.05, 0) is 43.0 Å². The fourth-order valence-corrected chi connectivity index (χ4v) is 3.73. The molecule has 1 fully saturated rings. The van der Waals surface area contributed by atoms with Crippen LogP contribution in [0.1, 0.15) is 28.8 Å². The first-order valence-electron chi connectivity index (χ1n) is 7.84. The number of carbonyl (C=O) groups is 1. The zero-order chi connectivity index (χ0) is 17.2. The maximum Gasteiger partial charge on any atom is 0.246 e. The van der Waals surface area contributed by atoms with Crippen molar-refractivity contribution in [1.82, 2.24) is 4.98 Å². The van der Waals surface area contributed by atoms with Gasteiger partial charge >= 0.3 is 0 Å². The van der Waals surface area contributed by atoms with Crippen LogP contribution in [0.2, 0.25) is 5.02 Å². The minimum Gasteiger partial charge on any atom is -0.381 e. The minimum atomic E-state index is -0.864. The summed E-state index contributed by atoms with van der Waals surface area (Å²) in [5.41, 5.74) is 7.66. The van der Waals surface area contributed by atoms with Gasteiger partial charge in [-0.3, -0.25) is 4.79 Å². The smallest absolute Gasteiger partial charge is 0.246 e. The number of aromatic nitrogens is 1. The van der Waals surface area contributed by atoms with Crippen LogP contribution < -0.4 is 11.1 Å². The molecule has 1 saturated heterocycles. The second kappa shape index (κ2) is 8.47. The van der Waals surface area contributed by atoms with Gasteiger partial charge in [-0.15, -0.1) is 23.7 Å². The summed E-state index contributed by atoms with van der Waals surface area (Å²) >= 11 is 7.46. The maximum atomic E-state index is 12.4. The largest absolute Gasteiger partial charge is 0.381 e. The average molecular weight is 402 g/mol. The highest BCUT2D eigenvalue weighted by Gasteiger charge is 2.36. The fourth-order valence-electron chi connectivity index (χ4n) is 2.68. The van der Waals surface area contributed by atoms with E-state index >= 15 is 0 Å². The Bertz CT molecular complexity index is 745. The lowest BCUT2D eigenvalue weighted by atomic mass is 9.90. The molecule has 1 aromatic carbocycles. The van der Waals surface area contributed by atoms with E-state index in [4.69, 9.17) is 22.1 Å². The van der Waals surface area contributed by atoms with Crippen molar-refractivity contribution in [3.8, 4) is 0 Å². The number of hydrogen-bond acceptors (Lipinski definition) is 5. The molecule has 0 radical (unpaired) electrons. The summed E-state index contributed by atoms with van der Waals surface area (Å²) in [6.45, 7) is 3.07. The van der Waals surface area contributed by atoms with Gasteiger partial charge in [-0.25, -0.2) is 4.98 Å². The molecule has 136 valence electrons. The molecule has 0 spiro atoms. The lowest BCUT2D eigenvalue weighted by Gasteiger charge is -2.31. The van der Waals surface area contributed by atoms with E-state index in [-0.39, 0.29) is 18.3 Å². The van der Waals surface area contributed by atoms with E-state index in [0.717, 1.165) is 21.9 Å². The van der Waals surface area contributed by atoms with E-state index < -0.39 is 5.54 Å². The van der Waals surface area contributed by atoms with Crippen LogP contribution in [0, 0.1) is 6.92 Å². The van der Waals surface area contributed by atoms with Crippen molar-refractivity contribution in [2.45, 2.75) is 31.7 Å². The molecule has 5 nitrogen and oxygen atoms in total. The Morgan fingerprint density at radius 1 is 1.44 bits per heavy atom. The summed E-state index contributed by atoms with van der Waals surface area (Å²) in [5.74, 6) is -0.186. The number of benzene rings is 1. The van der Waals surface area contributed by atoms with Crippen molar-refractivity contribution in [3.05, 3.63) is 45.4 Å². The molecule has 0 bridgehead atoms. The zero-order valence-electron chi connectivity index (χ0n) is 13.9. The van der Waals surface area contributed by atoms with E-state index in [9.17, 15) is 4.79 Å². The van der Waals surface area contributed by atoms with E-state index in [1.54, 1.807) is 6.20 Å². The molecule has 2 aromatic rings. The lowest BCUT2D eigenvalue weighted by molar-refractivity contribution is -0.124. The van der Waals surface area contributed by atoms with Crippen LogP contribution in [0.15, 0.2) is 24.4 Å². The molecule has 2 heterocycles. The van der Waals surface area contributed by atoms with Crippen LogP contribution in [0.3, 0.4) is 0 Å². The van der Waals surface area contributed by atoms with Gasteiger partial charge < -0.3 is 15.8 Å². The molecule has 0 aliphatic carbocycles. The Labute approximate surface area is 162 Å². The Balaban J connectivity index is 0.00000225. The second-order valence-corrected chi connectivity index (χ2v) is 7.65. The van der Waals surface area contributed by atoms with Crippen LogP contribution in [0.5, 0.6) is 0 Å². The molecule has 0 atom stereocenters. The maximum absolute atomic E-state index is 12.4. The van der Waals surface area contributed by atoms with E-state index in [1.807, 2.05) is 25.1 Å². The molecular formula is C17H21Cl2N3O2S. The van der Waals surface area contributed by atoms with Crippen molar-refractivity contribution in [2.75, 3.05) is 18.5 Å². The number of halogens is 2. The van der Waals surface area contributed by atoms with Crippen LogP contribution in [0.25, 0.3) is 0 Å². The standard InChI is InChI=1S/C17H20ClN3O2S.ClH/c1-11-8-13(18)3-2-12(11)9-14-10-20-16(24-14)21-15(22)17(19)4-6-23-7-5-17;/h2-3,8,10H,4-7,9,19H2,1H3,(H,20,21,22);1H. The van der Waals surface area contributed by atoms with Gasteiger partial charge in [0, 0.05) is 35.7 Å². The molecule has 1 amide bonds. The zero-order valence-corrected chi connectivity index (χ0v) is 16.3. The summed E-state index contributed by atoms with van der Waals surface area (Å²) in [6, 6.07) is 5.85. The number of anilines is 1. The topological polar surface area (TPSA) is 77.2 Å². The number of nitrogens with zero attached hydrogens (tertiary/aromatic N) is 1. The third-order valence-corrected chi connectivity index (χ3v) is 5.43. The SMILES string of the molecule is Cc1cc(Cl)ccc1Cc1cnc(NC(=O)C2(N)CCOCC2)s1.Cl. The predicted octanol–water partition coefficient (Wildman–Crippen LogP) is 3.56. The quantitative estimate of drug-likeness (QED) is 0.820. The highest BCUT2D eigenvalue weighted by Crippen LogP contribution is 2.26. The highest BCUT2D eigenvalue weighted by molar-refractivity contribution is 7.15. The van der Waals surface area contributed by atoms with E-state index in [2.05, 4.69) is 10.3 Å². The number of ether oxygens (including phenoxy) is 1. The first-order valence-corrected chi connectivity index (χ1v) is 9.03. The van der Waals surface area contributed by atoms with Gasteiger partial charge in [-0.2, -0.15) is 0 Å². The molecule has 0 saturated carbocycles. The molecule has 1 aliphatic heterocycles. The Morgan fingerprint density at radius 3 is 2.84 bits per heavy atom. The van der Waals surface area contributed by atoms with Crippen LogP contribution in [-0.4, -0.2) is 29.6 Å². The molecule has 3 N–H and O–H groups in total. The summed E-state index contributed by atoms with van der Waals surface area (Å²) in [4.78, 5) is 17.8. The van der Waals surface area contributed by atoms with Crippen LogP contribution in [0.4, 0.5) is 5.13 Å². The lowest BCUT2D eigenvalue weighted by Crippen LogP contribution is -2.54. The second-order valence-electron chi connectivity index (χ2n) is 6.10. The number of hydrogen-bond donors (Lipinski definition) is 2. The number of nitrogens with two attached hydrogens (primary N) is 1. The van der Waals surface area contributed by atoms with E-state index in [0.29, 0.717) is 31.2 Å². The van der Waals surface area contributed by atoms with Crippen molar-refractivity contribution in [2.24, 2.45) is 5.73 Å². The molecule has 1 aromatic heterocycles. The van der Waals surface area contributed by atoms with Crippen LogP contribution in [-0.2, 0) is 16.0 Å². The summed E-state index contributed by atoms with van der Waals surface area (Å²) < 4.78 is 5.27. The van der Waals surface area contributed by atoms with Crippen LogP contribution >= 0.6 is 35.3 Å². The molecule has 8 heteroatoms. The van der Waals surface area contributed by atoms with Gasteiger partial charge in [0.15, 0.2) is 5.13 Å². The number of thiazole rings is 1. The summed E-state index contributed by atoms with van der Waals surface area (Å²) in [6.07, 6.45) is 3.61. The van der Waals surface area contributed by atoms with Crippen molar-refractivity contribution in [1.29, 1.82) is 0 Å². The highest BCUT2D eigenvalue weighted by atomic mass is 35.5. The molecule has 0 unspecified atom stereocenters. The van der Waals surface area contributed by atoms with Gasteiger partial charge in [0.05, 0.1) is 0 Å². The third-order valence-electron chi connectivity index (χ3n) is 4.28. The van der Waals surface area contributed by atoms with Crippen molar-refractivity contribution >= 4 is 46.4 Å². The first-order chi connectivity index (χ1) is 11.5. The van der Waals surface area contributed by atoms with Gasteiger partial charge in [-0.1, -0.05) is 17.7 Å². The van der Waals surface area contributed by atoms with Gasteiger partial charge in [0.25, 0.3) is 0 Å². The van der Waals surface area contributed by atoms with Gasteiger partial charge in [0.1, 0.15) is 5.54 Å². The predicted molar refractivity (Wildman–Crippen MR) is 104 cm³/mol. The Morgan fingerprint density at radius 2 is 2.16 bits per heavy atom. The Kier molecular flexibility index (Phi) is 6.82. The van der Waals surface area contributed by atoms with Gasteiger partial charge in [0.2, 0.25) is 5.91 Å². The summed E-state index contributed by atoms with van der Waals surface area (Å²) in [7, 11) is 0. The number of amides is 1. The number of rotatable bonds is 4. The minimum absolute atomic E-state index is 0. The fraction of sp³-hybridized carbons (Fsp3) is 0.412. The molecule has 3 rings (SSSR count). The summed E-state index contributed by atoms with van der Waals surface area (Å²) in [5, 5.41) is 4.16. The van der Waals surface area contributed by atoms with Crippen molar-refractivity contribution < 1.29 is 9.53 Å². The normalized spacial score (nSPS) is 16.1. The Hall–Kier alpha value is -1.18. The third kappa shape index (κ3) is 4.92. The number of carbonyl (C=O) groups excluding carboxylic acids is 1. The van der Waals surface area contributed by atoms with Crippen molar-refractivity contribution in [3.63, 3.8) is 0 Å². The average Bonchev–Trinajstić information content (AvgIpc) is 2.98. The molecular weight excluding hydrogens is 381 g/mol. The molecule has 1 aliphatic rings. The first kappa shape index (κ1) is 20.1. The number of aryl methyl sites for hydroxylation is 1. The number of nitrogens with one attached hydrogen (secondary N) is 1. The van der Waals surface area contributed by atoms with E-state index in [1.165, 1.54) is 16.9 Å².